The number of pyridine rings is 1. The third-order valence-corrected chi connectivity index (χ3v) is 4.47. The summed E-state index contributed by atoms with van der Waals surface area (Å²) in [5.74, 6) is 0. The van der Waals surface area contributed by atoms with Crippen molar-refractivity contribution in [3.05, 3.63) is 30.1 Å². The normalized spacial score (nSPS) is 31.7. The lowest BCUT2D eigenvalue weighted by atomic mass is 9.97. The molecule has 0 aromatic carbocycles. The molecule has 1 aromatic heterocycles. The van der Waals surface area contributed by atoms with Gasteiger partial charge in [-0.25, -0.2) is 0 Å². The molecule has 3 rings (SSSR count). The lowest BCUT2D eigenvalue weighted by Crippen LogP contribution is -2.48. The van der Waals surface area contributed by atoms with Gasteiger partial charge in [-0.15, -0.1) is 0 Å². The third kappa shape index (κ3) is 2.43. The second-order valence-corrected chi connectivity index (χ2v) is 5.64. The van der Waals surface area contributed by atoms with Crippen LogP contribution in [0.3, 0.4) is 0 Å². The van der Waals surface area contributed by atoms with E-state index in [1.165, 1.54) is 31.2 Å². The van der Waals surface area contributed by atoms with E-state index >= 15 is 0 Å². The molecule has 2 aliphatic heterocycles. The fraction of sp³-hybridized carbons (Fsp3) is 0.667. The number of rotatable bonds is 4. The molecule has 0 saturated carbocycles. The van der Waals surface area contributed by atoms with Crippen LogP contribution in [0.25, 0.3) is 0 Å². The number of aromatic nitrogens is 1. The first-order valence-corrected chi connectivity index (χ1v) is 7.25. The number of nitrogens with one attached hydrogen (secondary N) is 1. The molecule has 2 unspecified atom stereocenters. The maximum absolute atomic E-state index is 4.23. The number of hydrogen-bond acceptors (Lipinski definition) is 3. The highest BCUT2D eigenvalue weighted by Gasteiger charge is 2.40. The van der Waals surface area contributed by atoms with Crippen molar-refractivity contribution in [2.45, 2.75) is 57.3 Å². The van der Waals surface area contributed by atoms with Gasteiger partial charge in [-0.05, 0) is 43.9 Å². The predicted octanol–water partition coefficient (Wildman–Crippen LogP) is 2.19. The summed E-state index contributed by atoms with van der Waals surface area (Å²) >= 11 is 0. The van der Waals surface area contributed by atoms with Crippen LogP contribution in [-0.2, 0) is 6.54 Å². The summed E-state index contributed by atoms with van der Waals surface area (Å²) in [4.78, 5) is 6.94. The van der Waals surface area contributed by atoms with E-state index in [0.29, 0.717) is 0 Å². The Morgan fingerprint density at radius 3 is 2.72 bits per heavy atom. The standard InChI is InChI=1S/C15H23N3/c1-2-17-13-8-14-5-6-15(9-13)18(14)11-12-4-3-7-16-10-12/h3-4,7,10,13-15,17H,2,5-6,8-9,11H2,1H3. The van der Waals surface area contributed by atoms with Gasteiger partial charge in [-0.2, -0.15) is 0 Å². The lowest BCUT2D eigenvalue weighted by molar-refractivity contribution is 0.110. The molecule has 2 bridgehead atoms. The van der Waals surface area contributed by atoms with E-state index in [2.05, 4.69) is 28.2 Å². The molecule has 3 heteroatoms. The van der Waals surface area contributed by atoms with Crippen LogP contribution in [0.15, 0.2) is 24.5 Å². The average molecular weight is 245 g/mol. The molecule has 2 aliphatic rings. The molecule has 0 spiro atoms. The van der Waals surface area contributed by atoms with Gasteiger partial charge in [0.1, 0.15) is 0 Å². The highest BCUT2D eigenvalue weighted by atomic mass is 15.2. The smallest absolute Gasteiger partial charge is 0.0312 e. The van der Waals surface area contributed by atoms with Crippen molar-refractivity contribution in [3.8, 4) is 0 Å². The summed E-state index contributed by atoms with van der Waals surface area (Å²) < 4.78 is 0. The summed E-state index contributed by atoms with van der Waals surface area (Å²) in [6.07, 6.45) is 9.28. The predicted molar refractivity (Wildman–Crippen MR) is 73.3 cm³/mol. The minimum absolute atomic E-state index is 0.748. The van der Waals surface area contributed by atoms with Crippen molar-refractivity contribution in [3.63, 3.8) is 0 Å². The average Bonchev–Trinajstić information content (AvgIpc) is 2.63. The summed E-state index contributed by atoms with van der Waals surface area (Å²) in [6.45, 7) is 4.40. The Morgan fingerprint density at radius 2 is 2.11 bits per heavy atom. The number of fused-ring (bicyclic) bond motifs is 2. The molecule has 2 saturated heterocycles. The SMILES string of the molecule is CCNC1CC2CCC(C1)N2Cc1cccnc1. The van der Waals surface area contributed by atoms with Crippen molar-refractivity contribution in [1.82, 2.24) is 15.2 Å². The zero-order valence-electron chi connectivity index (χ0n) is 11.2. The third-order valence-electron chi connectivity index (χ3n) is 4.47. The van der Waals surface area contributed by atoms with Gasteiger partial charge in [0.15, 0.2) is 0 Å². The van der Waals surface area contributed by atoms with Gasteiger partial charge in [0, 0.05) is 37.1 Å². The molecule has 3 nitrogen and oxygen atoms in total. The van der Waals surface area contributed by atoms with Gasteiger partial charge in [0.25, 0.3) is 0 Å². The molecule has 0 radical (unpaired) electrons. The van der Waals surface area contributed by atoms with Crippen LogP contribution in [0.1, 0.15) is 38.2 Å². The van der Waals surface area contributed by atoms with Crippen LogP contribution in [0.2, 0.25) is 0 Å². The molecule has 0 amide bonds. The van der Waals surface area contributed by atoms with E-state index in [0.717, 1.165) is 31.2 Å². The summed E-state index contributed by atoms with van der Waals surface area (Å²) in [6, 6.07) is 6.56. The molecular weight excluding hydrogens is 222 g/mol. The Hall–Kier alpha value is -0.930. The van der Waals surface area contributed by atoms with Gasteiger partial charge in [-0.1, -0.05) is 13.0 Å². The van der Waals surface area contributed by atoms with Gasteiger partial charge >= 0.3 is 0 Å². The summed E-state index contributed by atoms with van der Waals surface area (Å²) in [7, 11) is 0. The van der Waals surface area contributed by atoms with Crippen molar-refractivity contribution in [1.29, 1.82) is 0 Å². The minimum Gasteiger partial charge on any atom is -0.314 e. The first-order chi connectivity index (χ1) is 8.86. The first kappa shape index (κ1) is 12.1. The molecule has 0 aliphatic carbocycles. The van der Waals surface area contributed by atoms with Crippen LogP contribution < -0.4 is 5.32 Å². The molecule has 18 heavy (non-hydrogen) atoms. The Bertz CT molecular complexity index is 365. The van der Waals surface area contributed by atoms with Crippen LogP contribution in [0.5, 0.6) is 0 Å². The summed E-state index contributed by atoms with van der Waals surface area (Å²) in [5, 5.41) is 3.63. The van der Waals surface area contributed by atoms with Crippen molar-refractivity contribution < 1.29 is 0 Å². The van der Waals surface area contributed by atoms with E-state index in [1.807, 2.05) is 18.5 Å². The molecule has 98 valence electrons. The van der Waals surface area contributed by atoms with Crippen LogP contribution in [0, 0.1) is 0 Å². The van der Waals surface area contributed by atoms with Gasteiger partial charge < -0.3 is 5.32 Å². The Morgan fingerprint density at radius 1 is 1.33 bits per heavy atom. The second kappa shape index (κ2) is 5.37. The lowest BCUT2D eigenvalue weighted by Gasteiger charge is -2.39. The molecule has 1 N–H and O–H groups in total. The maximum atomic E-state index is 4.23. The first-order valence-electron chi connectivity index (χ1n) is 7.25. The Labute approximate surface area is 110 Å². The number of nitrogens with zero attached hydrogens (tertiary/aromatic N) is 2. The molecular formula is C15H23N3. The largest absolute Gasteiger partial charge is 0.314 e. The highest BCUT2D eigenvalue weighted by Crippen LogP contribution is 2.36. The van der Waals surface area contributed by atoms with E-state index in [9.17, 15) is 0 Å². The van der Waals surface area contributed by atoms with Crippen molar-refractivity contribution in [2.75, 3.05) is 6.54 Å². The quantitative estimate of drug-likeness (QED) is 0.881. The van der Waals surface area contributed by atoms with E-state index in [4.69, 9.17) is 0 Å². The molecule has 2 fully saturated rings. The van der Waals surface area contributed by atoms with Gasteiger partial charge in [0.2, 0.25) is 0 Å². The second-order valence-electron chi connectivity index (χ2n) is 5.64. The Balaban J connectivity index is 1.65. The van der Waals surface area contributed by atoms with Crippen LogP contribution >= 0.6 is 0 Å². The van der Waals surface area contributed by atoms with Crippen LogP contribution in [0.4, 0.5) is 0 Å². The maximum Gasteiger partial charge on any atom is 0.0312 e. The van der Waals surface area contributed by atoms with Crippen molar-refractivity contribution in [2.24, 2.45) is 0 Å². The zero-order chi connectivity index (χ0) is 12.4. The highest BCUT2D eigenvalue weighted by molar-refractivity contribution is 5.10. The number of piperidine rings is 1. The molecule has 2 atom stereocenters. The van der Waals surface area contributed by atoms with Crippen molar-refractivity contribution >= 4 is 0 Å². The van der Waals surface area contributed by atoms with Gasteiger partial charge in [-0.3, -0.25) is 9.88 Å². The zero-order valence-corrected chi connectivity index (χ0v) is 11.2. The summed E-state index contributed by atoms with van der Waals surface area (Å²) in [5.41, 5.74) is 1.36. The van der Waals surface area contributed by atoms with Gasteiger partial charge in [0.05, 0.1) is 0 Å². The number of hydrogen-bond donors (Lipinski definition) is 1. The monoisotopic (exact) mass is 245 g/mol. The minimum atomic E-state index is 0.748. The fourth-order valence-corrected chi connectivity index (χ4v) is 3.69. The molecule has 3 heterocycles. The topological polar surface area (TPSA) is 28.2 Å². The Kier molecular flexibility index (Phi) is 3.62. The van der Waals surface area contributed by atoms with E-state index in [1.54, 1.807) is 0 Å². The molecule has 1 aromatic rings. The van der Waals surface area contributed by atoms with E-state index < -0.39 is 0 Å². The fourth-order valence-electron chi connectivity index (χ4n) is 3.69. The van der Waals surface area contributed by atoms with Crippen LogP contribution in [-0.4, -0.2) is 34.6 Å². The van der Waals surface area contributed by atoms with E-state index in [-0.39, 0.29) is 0 Å².